The lowest BCUT2D eigenvalue weighted by atomic mass is 10.1. The van der Waals surface area contributed by atoms with E-state index >= 15 is 0 Å². The Labute approximate surface area is 181 Å². The van der Waals surface area contributed by atoms with E-state index < -0.39 is 0 Å². The van der Waals surface area contributed by atoms with Crippen LogP contribution in [-0.2, 0) is 6.42 Å². The molecule has 0 saturated carbocycles. The molecule has 4 nitrogen and oxygen atoms in total. The van der Waals surface area contributed by atoms with E-state index in [1.165, 1.54) is 50.5 Å². The van der Waals surface area contributed by atoms with Crippen LogP contribution >= 0.6 is 0 Å². The standard InChI is InChI=1S/C26H36N2O2/c1-3-5-7-8-9-10-20-30-25-18-14-23(15-19-25)21-27-28-26(29)24-16-12-22(13-17-24)11-6-4-2/h12-19,21H,3-11,20H2,1-2H3,(H,28,29)/b27-21+. The van der Waals surface area contributed by atoms with Crippen LogP contribution in [0, 0.1) is 0 Å². The van der Waals surface area contributed by atoms with Crippen molar-refractivity contribution in [3.05, 3.63) is 65.2 Å². The van der Waals surface area contributed by atoms with Crippen molar-refractivity contribution in [3.8, 4) is 5.75 Å². The largest absolute Gasteiger partial charge is 0.494 e. The third kappa shape index (κ3) is 9.25. The normalized spacial score (nSPS) is 11.0. The Balaban J connectivity index is 1.70. The number of rotatable bonds is 14. The van der Waals surface area contributed by atoms with Crippen LogP contribution in [0.2, 0.25) is 0 Å². The first-order chi connectivity index (χ1) is 14.7. The summed E-state index contributed by atoms with van der Waals surface area (Å²) in [6, 6.07) is 15.5. The van der Waals surface area contributed by atoms with Crippen molar-refractivity contribution in [1.29, 1.82) is 0 Å². The van der Waals surface area contributed by atoms with E-state index in [-0.39, 0.29) is 5.91 Å². The molecule has 0 unspecified atom stereocenters. The monoisotopic (exact) mass is 408 g/mol. The average molecular weight is 409 g/mol. The summed E-state index contributed by atoms with van der Waals surface area (Å²) < 4.78 is 5.79. The van der Waals surface area contributed by atoms with Crippen LogP contribution in [0.4, 0.5) is 0 Å². The molecule has 0 aliphatic heterocycles. The van der Waals surface area contributed by atoms with Crippen LogP contribution in [0.3, 0.4) is 0 Å². The van der Waals surface area contributed by atoms with Gasteiger partial charge < -0.3 is 4.74 Å². The Morgan fingerprint density at radius 2 is 1.53 bits per heavy atom. The van der Waals surface area contributed by atoms with Gasteiger partial charge in [0.2, 0.25) is 0 Å². The molecule has 2 aromatic carbocycles. The van der Waals surface area contributed by atoms with Gasteiger partial charge in [-0.05, 0) is 66.8 Å². The van der Waals surface area contributed by atoms with E-state index in [9.17, 15) is 4.79 Å². The summed E-state index contributed by atoms with van der Waals surface area (Å²) in [4.78, 5) is 12.2. The van der Waals surface area contributed by atoms with Gasteiger partial charge in [-0.15, -0.1) is 0 Å². The number of nitrogens with one attached hydrogen (secondary N) is 1. The minimum absolute atomic E-state index is 0.202. The summed E-state index contributed by atoms with van der Waals surface area (Å²) in [5.74, 6) is 0.667. The van der Waals surface area contributed by atoms with Crippen LogP contribution < -0.4 is 10.2 Å². The highest BCUT2D eigenvalue weighted by atomic mass is 16.5. The lowest BCUT2D eigenvalue weighted by Crippen LogP contribution is -2.17. The van der Waals surface area contributed by atoms with Crippen LogP contribution in [0.15, 0.2) is 53.6 Å². The lowest BCUT2D eigenvalue weighted by molar-refractivity contribution is 0.0955. The minimum Gasteiger partial charge on any atom is -0.494 e. The highest BCUT2D eigenvalue weighted by molar-refractivity contribution is 5.94. The van der Waals surface area contributed by atoms with Crippen molar-refractivity contribution in [2.24, 2.45) is 5.10 Å². The molecular weight excluding hydrogens is 372 g/mol. The summed E-state index contributed by atoms with van der Waals surface area (Å²) >= 11 is 0. The smallest absolute Gasteiger partial charge is 0.271 e. The van der Waals surface area contributed by atoms with Gasteiger partial charge in [0.1, 0.15) is 5.75 Å². The summed E-state index contributed by atoms with van der Waals surface area (Å²) in [5.41, 5.74) is 5.38. The molecule has 0 aliphatic carbocycles. The summed E-state index contributed by atoms with van der Waals surface area (Å²) in [6.07, 6.45) is 12.6. The number of benzene rings is 2. The fourth-order valence-electron chi connectivity index (χ4n) is 3.16. The molecule has 0 bridgehead atoms. The highest BCUT2D eigenvalue weighted by Crippen LogP contribution is 2.13. The molecule has 2 aromatic rings. The summed E-state index contributed by atoms with van der Waals surface area (Å²) in [5, 5.41) is 4.07. The van der Waals surface area contributed by atoms with Gasteiger partial charge in [0.25, 0.3) is 5.91 Å². The van der Waals surface area contributed by atoms with E-state index in [2.05, 4.69) is 24.4 Å². The number of hydrogen-bond donors (Lipinski definition) is 1. The van der Waals surface area contributed by atoms with Gasteiger partial charge in [-0.1, -0.05) is 64.5 Å². The highest BCUT2D eigenvalue weighted by Gasteiger charge is 2.04. The van der Waals surface area contributed by atoms with Crippen molar-refractivity contribution in [1.82, 2.24) is 5.43 Å². The van der Waals surface area contributed by atoms with Crippen LogP contribution in [0.25, 0.3) is 0 Å². The SMILES string of the molecule is CCCCCCCCOc1ccc(/C=N/NC(=O)c2ccc(CCCC)cc2)cc1. The quantitative estimate of drug-likeness (QED) is 0.219. The number of amides is 1. The molecule has 2 rings (SSSR count). The van der Waals surface area contributed by atoms with E-state index in [4.69, 9.17) is 4.74 Å². The molecule has 0 fully saturated rings. The maximum atomic E-state index is 12.2. The number of unbranched alkanes of at least 4 members (excludes halogenated alkanes) is 6. The van der Waals surface area contributed by atoms with Gasteiger partial charge >= 0.3 is 0 Å². The van der Waals surface area contributed by atoms with Gasteiger partial charge in [-0.3, -0.25) is 4.79 Å². The number of aryl methyl sites for hydroxylation is 1. The predicted octanol–water partition coefficient (Wildman–Crippen LogP) is 6.53. The van der Waals surface area contributed by atoms with Gasteiger partial charge in [-0.25, -0.2) is 5.43 Å². The van der Waals surface area contributed by atoms with Crippen LogP contribution in [-0.4, -0.2) is 18.7 Å². The zero-order valence-corrected chi connectivity index (χ0v) is 18.5. The number of hydrogen-bond acceptors (Lipinski definition) is 3. The van der Waals surface area contributed by atoms with E-state index in [1.54, 1.807) is 6.21 Å². The molecule has 4 heteroatoms. The Bertz CT molecular complexity index is 752. The molecule has 0 atom stereocenters. The third-order valence-electron chi connectivity index (χ3n) is 5.06. The zero-order valence-electron chi connectivity index (χ0n) is 18.5. The van der Waals surface area contributed by atoms with E-state index in [1.807, 2.05) is 48.5 Å². The number of ether oxygens (including phenoxy) is 1. The van der Waals surface area contributed by atoms with E-state index in [0.29, 0.717) is 5.56 Å². The van der Waals surface area contributed by atoms with Crippen molar-refractivity contribution in [2.75, 3.05) is 6.61 Å². The first-order valence-corrected chi connectivity index (χ1v) is 11.4. The molecule has 1 N–H and O–H groups in total. The number of carbonyl (C=O) groups is 1. The lowest BCUT2D eigenvalue weighted by Gasteiger charge is -2.06. The van der Waals surface area contributed by atoms with Crippen LogP contribution in [0.5, 0.6) is 5.75 Å². The van der Waals surface area contributed by atoms with Gasteiger partial charge in [0.05, 0.1) is 12.8 Å². The second-order valence-corrected chi connectivity index (χ2v) is 7.68. The number of carbonyl (C=O) groups excluding carboxylic acids is 1. The molecule has 30 heavy (non-hydrogen) atoms. The first kappa shape index (κ1) is 23.7. The maximum absolute atomic E-state index is 12.2. The number of hydrazone groups is 1. The molecule has 1 amide bonds. The third-order valence-corrected chi connectivity index (χ3v) is 5.06. The average Bonchev–Trinajstić information content (AvgIpc) is 2.78. The zero-order chi connectivity index (χ0) is 21.4. The van der Waals surface area contributed by atoms with E-state index in [0.717, 1.165) is 30.8 Å². The van der Waals surface area contributed by atoms with Gasteiger partial charge in [0, 0.05) is 5.56 Å². The Kier molecular flexibility index (Phi) is 11.3. The van der Waals surface area contributed by atoms with Crippen molar-refractivity contribution < 1.29 is 9.53 Å². The Morgan fingerprint density at radius 1 is 0.867 bits per heavy atom. The predicted molar refractivity (Wildman–Crippen MR) is 125 cm³/mol. The molecule has 0 heterocycles. The van der Waals surface area contributed by atoms with Crippen LogP contribution in [0.1, 0.15) is 86.7 Å². The second-order valence-electron chi connectivity index (χ2n) is 7.68. The fourth-order valence-corrected chi connectivity index (χ4v) is 3.16. The summed E-state index contributed by atoms with van der Waals surface area (Å²) in [7, 11) is 0. The topological polar surface area (TPSA) is 50.7 Å². The Hall–Kier alpha value is -2.62. The molecular formula is C26H36N2O2. The van der Waals surface area contributed by atoms with Crippen molar-refractivity contribution >= 4 is 12.1 Å². The first-order valence-electron chi connectivity index (χ1n) is 11.4. The molecule has 0 saturated heterocycles. The molecule has 0 spiro atoms. The fraction of sp³-hybridized carbons (Fsp3) is 0.462. The molecule has 0 radical (unpaired) electrons. The number of nitrogens with zero attached hydrogens (tertiary/aromatic N) is 1. The molecule has 0 aromatic heterocycles. The van der Waals surface area contributed by atoms with Gasteiger partial charge in [0.15, 0.2) is 0 Å². The Morgan fingerprint density at radius 3 is 2.23 bits per heavy atom. The molecule has 162 valence electrons. The van der Waals surface area contributed by atoms with Crippen molar-refractivity contribution in [3.63, 3.8) is 0 Å². The maximum Gasteiger partial charge on any atom is 0.271 e. The second kappa shape index (κ2) is 14.4. The summed E-state index contributed by atoms with van der Waals surface area (Å²) in [6.45, 7) is 5.17. The van der Waals surface area contributed by atoms with Gasteiger partial charge in [-0.2, -0.15) is 5.10 Å². The minimum atomic E-state index is -0.202. The van der Waals surface area contributed by atoms with Crippen molar-refractivity contribution in [2.45, 2.75) is 71.6 Å². The molecule has 0 aliphatic rings.